The van der Waals surface area contributed by atoms with Crippen LogP contribution in [0.3, 0.4) is 0 Å². The molecular weight excluding hydrogens is 150 g/mol. The zero-order valence-electron chi connectivity index (χ0n) is 6.68. The number of rotatable bonds is 2. The van der Waals surface area contributed by atoms with Crippen LogP contribution in [-0.4, -0.2) is 0 Å². The lowest BCUT2D eigenvalue weighted by Crippen LogP contribution is -2.30. The molecule has 0 aliphatic heterocycles. The molecule has 0 N–H and O–H groups in total. The lowest BCUT2D eigenvalue weighted by Gasteiger charge is -1.91. The lowest BCUT2D eigenvalue weighted by atomic mass is 10.2. The highest BCUT2D eigenvalue weighted by Gasteiger charge is 2.01. The molecule has 0 saturated heterocycles. The van der Waals surface area contributed by atoms with E-state index in [1.54, 1.807) is 12.7 Å². The van der Waals surface area contributed by atoms with Gasteiger partial charge < -0.3 is 4.42 Å². The van der Waals surface area contributed by atoms with E-state index in [2.05, 4.69) is 12.1 Å². The predicted molar refractivity (Wildman–Crippen MR) is 44.4 cm³/mol. The third-order valence-corrected chi connectivity index (χ3v) is 1.74. The summed E-state index contributed by atoms with van der Waals surface area (Å²) in [6, 6.07) is 10.3. The Bertz CT molecular complexity index is 326. The van der Waals surface area contributed by atoms with Crippen LogP contribution < -0.4 is 4.57 Å². The van der Waals surface area contributed by atoms with Crippen molar-refractivity contribution in [3.05, 3.63) is 54.7 Å². The number of oxazole rings is 1. The van der Waals surface area contributed by atoms with Gasteiger partial charge in [-0.2, -0.15) is 4.57 Å². The standard InChI is InChI=1S/C10H10NO/c1-2-4-10(5-3-1)8-11-6-7-12-9-11/h1-7,9H,8H2/q+1. The molecule has 0 atom stereocenters. The SMILES string of the molecule is c1ccc(C[n+]2ccoc2)cc1. The summed E-state index contributed by atoms with van der Waals surface area (Å²) in [5.74, 6) is 0. The Morgan fingerprint density at radius 3 is 2.67 bits per heavy atom. The molecule has 0 fully saturated rings. The van der Waals surface area contributed by atoms with Crippen molar-refractivity contribution >= 4 is 0 Å². The van der Waals surface area contributed by atoms with Crippen molar-refractivity contribution in [2.75, 3.05) is 0 Å². The molecule has 0 aliphatic rings. The molecule has 0 saturated carbocycles. The van der Waals surface area contributed by atoms with Crippen LogP contribution in [-0.2, 0) is 6.54 Å². The van der Waals surface area contributed by atoms with Gasteiger partial charge in [-0.05, 0) is 0 Å². The average Bonchev–Trinajstić information content (AvgIpc) is 2.59. The fourth-order valence-electron chi connectivity index (χ4n) is 1.15. The van der Waals surface area contributed by atoms with E-state index in [0.29, 0.717) is 0 Å². The van der Waals surface area contributed by atoms with Gasteiger partial charge in [0.1, 0.15) is 0 Å². The first-order chi connectivity index (χ1) is 5.95. The topological polar surface area (TPSA) is 17.0 Å². The number of nitrogens with zero attached hydrogens (tertiary/aromatic N) is 1. The summed E-state index contributed by atoms with van der Waals surface area (Å²) in [6.45, 7) is 0.872. The van der Waals surface area contributed by atoms with Crippen LogP contribution in [0.2, 0.25) is 0 Å². The van der Waals surface area contributed by atoms with Gasteiger partial charge in [-0.1, -0.05) is 30.3 Å². The number of hydrogen-bond donors (Lipinski definition) is 0. The fraction of sp³-hybridized carbons (Fsp3) is 0.100. The summed E-state index contributed by atoms with van der Waals surface area (Å²) in [6.07, 6.45) is 5.28. The van der Waals surface area contributed by atoms with Gasteiger partial charge in [0.25, 0.3) is 0 Å². The van der Waals surface area contributed by atoms with Crippen molar-refractivity contribution in [2.45, 2.75) is 6.54 Å². The zero-order valence-corrected chi connectivity index (χ0v) is 6.68. The Hall–Kier alpha value is -1.57. The van der Waals surface area contributed by atoms with Crippen molar-refractivity contribution in [3.8, 4) is 0 Å². The second-order valence-electron chi connectivity index (χ2n) is 2.68. The molecule has 60 valence electrons. The highest BCUT2D eigenvalue weighted by molar-refractivity contribution is 5.13. The molecule has 1 aromatic carbocycles. The normalized spacial score (nSPS) is 10.0. The molecule has 2 nitrogen and oxygen atoms in total. The third-order valence-electron chi connectivity index (χ3n) is 1.74. The van der Waals surface area contributed by atoms with Crippen LogP contribution in [0.15, 0.2) is 53.6 Å². The molecule has 12 heavy (non-hydrogen) atoms. The Morgan fingerprint density at radius 2 is 2.00 bits per heavy atom. The van der Waals surface area contributed by atoms with Crippen molar-refractivity contribution in [2.24, 2.45) is 0 Å². The van der Waals surface area contributed by atoms with Crippen LogP contribution in [0.1, 0.15) is 5.56 Å². The third kappa shape index (κ3) is 1.53. The van der Waals surface area contributed by atoms with E-state index in [4.69, 9.17) is 4.42 Å². The molecular formula is C10H10NO+. The zero-order chi connectivity index (χ0) is 8.23. The maximum absolute atomic E-state index is 4.95. The predicted octanol–water partition coefficient (Wildman–Crippen LogP) is 1.62. The number of aromatic nitrogens is 1. The molecule has 0 bridgehead atoms. The van der Waals surface area contributed by atoms with E-state index in [1.807, 2.05) is 29.0 Å². The van der Waals surface area contributed by atoms with Gasteiger partial charge >= 0.3 is 6.39 Å². The van der Waals surface area contributed by atoms with Gasteiger partial charge in [0.2, 0.25) is 6.20 Å². The van der Waals surface area contributed by atoms with Gasteiger partial charge in [0.15, 0.2) is 12.8 Å². The average molecular weight is 160 g/mol. The summed E-state index contributed by atoms with van der Waals surface area (Å²) in [5.41, 5.74) is 1.28. The summed E-state index contributed by atoms with van der Waals surface area (Å²) < 4.78 is 6.95. The molecule has 0 aliphatic carbocycles. The second kappa shape index (κ2) is 3.22. The Kier molecular flexibility index (Phi) is 1.90. The Balaban J connectivity index is 2.15. The van der Waals surface area contributed by atoms with Gasteiger partial charge in [-0.15, -0.1) is 0 Å². The quantitative estimate of drug-likeness (QED) is 0.610. The minimum absolute atomic E-state index is 0.872. The smallest absolute Gasteiger partial charge is 0.334 e. The minimum atomic E-state index is 0.872. The minimum Gasteiger partial charge on any atom is -0.412 e. The highest BCUT2D eigenvalue weighted by Crippen LogP contribution is 1.96. The van der Waals surface area contributed by atoms with E-state index in [9.17, 15) is 0 Å². The van der Waals surface area contributed by atoms with Crippen LogP contribution in [0.25, 0.3) is 0 Å². The molecule has 0 spiro atoms. The second-order valence-corrected chi connectivity index (χ2v) is 2.68. The van der Waals surface area contributed by atoms with Crippen LogP contribution in [0.5, 0.6) is 0 Å². The molecule has 0 unspecified atom stereocenters. The number of hydrogen-bond acceptors (Lipinski definition) is 1. The highest BCUT2D eigenvalue weighted by atomic mass is 16.3. The first-order valence-corrected chi connectivity index (χ1v) is 3.90. The lowest BCUT2D eigenvalue weighted by molar-refractivity contribution is -0.691. The first kappa shape index (κ1) is 7.10. The van der Waals surface area contributed by atoms with E-state index < -0.39 is 0 Å². The molecule has 2 aromatic rings. The van der Waals surface area contributed by atoms with Crippen molar-refractivity contribution in [3.63, 3.8) is 0 Å². The summed E-state index contributed by atoms with van der Waals surface area (Å²) in [4.78, 5) is 0. The Morgan fingerprint density at radius 1 is 1.17 bits per heavy atom. The first-order valence-electron chi connectivity index (χ1n) is 3.90. The van der Waals surface area contributed by atoms with Crippen LogP contribution in [0, 0.1) is 0 Å². The summed E-state index contributed by atoms with van der Waals surface area (Å²) in [7, 11) is 0. The van der Waals surface area contributed by atoms with Crippen molar-refractivity contribution in [1.82, 2.24) is 0 Å². The van der Waals surface area contributed by atoms with E-state index >= 15 is 0 Å². The summed E-state index contributed by atoms with van der Waals surface area (Å²) in [5, 5.41) is 0. The van der Waals surface area contributed by atoms with Crippen molar-refractivity contribution in [1.29, 1.82) is 0 Å². The summed E-state index contributed by atoms with van der Waals surface area (Å²) >= 11 is 0. The fourth-order valence-corrected chi connectivity index (χ4v) is 1.15. The maximum Gasteiger partial charge on any atom is 0.334 e. The van der Waals surface area contributed by atoms with Gasteiger partial charge in [-0.3, -0.25) is 0 Å². The number of benzene rings is 1. The van der Waals surface area contributed by atoms with Gasteiger partial charge in [-0.25, -0.2) is 0 Å². The van der Waals surface area contributed by atoms with E-state index in [0.717, 1.165) is 6.54 Å². The molecule has 1 heterocycles. The van der Waals surface area contributed by atoms with Crippen LogP contribution in [0.4, 0.5) is 0 Å². The van der Waals surface area contributed by atoms with Gasteiger partial charge in [0.05, 0.1) is 0 Å². The monoisotopic (exact) mass is 160 g/mol. The maximum atomic E-state index is 4.95. The molecule has 0 radical (unpaired) electrons. The van der Waals surface area contributed by atoms with Crippen LogP contribution >= 0.6 is 0 Å². The van der Waals surface area contributed by atoms with Crippen molar-refractivity contribution < 1.29 is 8.98 Å². The van der Waals surface area contributed by atoms with E-state index in [1.165, 1.54) is 5.56 Å². The Labute approximate surface area is 71.1 Å². The molecule has 2 rings (SSSR count). The molecule has 0 amide bonds. The molecule has 1 aromatic heterocycles. The van der Waals surface area contributed by atoms with Gasteiger partial charge in [0, 0.05) is 5.56 Å². The van der Waals surface area contributed by atoms with E-state index in [-0.39, 0.29) is 0 Å². The molecule has 2 heteroatoms. The largest absolute Gasteiger partial charge is 0.412 e.